The van der Waals surface area contributed by atoms with E-state index >= 15 is 0 Å². The molecule has 1 aromatic rings. The zero-order valence-electron chi connectivity index (χ0n) is 10.6. The predicted octanol–water partition coefficient (Wildman–Crippen LogP) is 1.80. The molecule has 2 N–H and O–H groups in total. The first kappa shape index (κ1) is 13.8. The quantitative estimate of drug-likeness (QED) is 0.634. The van der Waals surface area contributed by atoms with Gasteiger partial charge in [-0.2, -0.15) is 5.26 Å². The number of nitrogens with two attached hydrogens (primary N) is 1. The molecular weight excluding hydrogens is 230 g/mol. The first-order chi connectivity index (χ1) is 8.63. The molecule has 18 heavy (non-hydrogen) atoms. The molecule has 0 spiro atoms. The van der Waals surface area contributed by atoms with Crippen LogP contribution in [0, 0.1) is 11.3 Å². The van der Waals surface area contributed by atoms with Gasteiger partial charge < -0.3 is 15.4 Å². The highest BCUT2D eigenvalue weighted by atomic mass is 16.5. The van der Waals surface area contributed by atoms with E-state index < -0.39 is 5.97 Å². The number of rotatable bonds is 5. The van der Waals surface area contributed by atoms with E-state index in [1.165, 1.54) is 7.11 Å². The lowest BCUT2D eigenvalue weighted by molar-refractivity contribution is 0.0601. The Morgan fingerprint density at radius 2 is 2.28 bits per heavy atom. The molecule has 0 radical (unpaired) electrons. The molecule has 1 rings (SSSR count). The van der Waals surface area contributed by atoms with Crippen molar-refractivity contribution < 1.29 is 9.53 Å². The molecule has 5 heteroatoms. The monoisotopic (exact) mass is 247 g/mol. The minimum absolute atomic E-state index is 0.402. The Morgan fingerprint density at radius 3 is 2.83 bits per heavy atom. The van der Waals surface area contributed by atoms with E-state index in [1.807, 2.05) is 11.8 Å². The largest absolute Gasteiger partial charge is 0.465 e. The number of hydrogen-bond donors (Lipinski definition) is 1. The maximum absolute atomic E-state index is 11.7. The van der Waals surface area contributed by atoms with Crippen LogP contribution in [0.1, 0.15) is 23.7 Å². The SMILES string of the molecule is CCN(CCC#N)c1ccc(N)cc1C(=O)OC. The van der Waals surface area contributed by atoms with E-state index in [9.17, 15) is 4.79 Å². The molecule has 0 bridgehead atoms. The molecule has 0 aromatic heterocycles. The molecule has 0 aliphatic rings. The van der Waals surface area contributed by atoms with Gasteiger partial charge in [0.15, 0.2) is 0 Å². The van der Waals surface area contributed by atoms with Gasteiger partial charge in [0.1, 0.15) is 0 Å². The summed E-state index contributed by atoms with van der Waals surface area (Å²) in [5.41, 5.74) is 7.37. The van der Waals surface area contributed by atoms with Gasteiger partial charge in [0.25, 0.3) is 0 Å². The van der Waals surface area contributed by atoms with Gasteiger partial charge in [-0.1, -0.05) is 0 Å². The summed E-state index contributed by atoms with van der Waals surface area (Å²) in [5.74, 6) is -0.423. The molecule has 5 nitrogen and oxygen atoms in total. The molecule has 96 valence electrons. The molecule has 0 atom stereocenters. The summed E-state index contributed by atoms with van der Waals surface area (Å²) >= 11 is 0. The van der Waals surface area contributed by atoms with Crippen LogP contribution in [0.15, 0.2) is 18.2 Å². The van der Waals surface area contributed by atoms with Crippen LogP contribution in [0.3, 0.4) is 0 Å². The fourth-order valence-corrected chi connectivity index (χ4v) is 1.74. The van der Waals surface area contributed by atoms with E-state index in [2.05, 4.69) is 6.07 Å². The number of hydrogen-bond acceptors (Lipinski definition) is 5. The Balaban J connectivity index is 3.13. The lowest BCUT2D eigenvalue weighted by Gasteiger charge is -2.24. The summed E-state index contributed by atoms with van der Waals surface area (Å²) in [7, 11) is 1.33. The second-order valence-electron chi connectivity index (χ2n) is 3.76. The first-order valence-electron chi connectivity index (χ1n) is 5.73. The smallest absolute Gasteiger partial charge is 0.340 e. The Labute approximate surface area is 107 Å². The van der Waals surface area contributed by atoms with Gasteiger partial charge in [-0.15, -0.1) is 0 Å². The third-order valence-corrected chi connectivity index (χ3v) is 2.64. The van der Waals surface area contributed by atoms with Crippen LogP contribution in [0.5, 0.6) is 0 Å². The minimum Gasteiger partial charge on any atom is -0.465 e. The van der Waals surface area contributed by atoms with Gasteiger partial charge in [0, 0.05) is 18.8 Å². The van der Waals surface area contributed by atoms with Gasteiger partial charge in [0.05, 0.1) is 30.9 Å². The maximum Gasteiger partial charge on any atom is 0.340 e. The second kappa shape index (κ2) is 6.50. The third-order valence-electron chi connectivity index (χ3n) is 2.64. The number of benzene rings is 1. The maximum atomic E-state index is 11.7. The number of nitriles is 1. The molecule has 0 saturated carbocycles. The molecule has 0 unspecified atom stereocenters. The summed E-state index contributed by atoms with van der Waals surface area (Å²) < 4.78 is 4.74. The van der Waals surface area contributed by atoms with Gasteiger partial charge in [-0.05, 0) is 25.1 Å². The Bertz CT molecular complexity index is 466. The van der Waals surface area contributed by atoms with Crippen LogP contribution in [0.2, 0.25) is 0 Å². The number of esters is 1. The van der Waals surface area contributed by atoms with Crippen molar-refractivity contribution in [2.45, 2.75) is 13.3 Å². The average Bonchev–Trinajstić information content (AvgIpc) is 2.39. The zero-order valence-corrected chi connectivity index (χ0v) is 10.6. The van der Waals surface area contributed by atoms with Gasteiger partial charge >= 0.3 is 5.97 Å². The molecule has 0 saturated heterocycles. The Hall–Kier alpha value is -2.22. The molecule has 1 aromatic carbocycles. The number of anilines is 2. The van der Waals surface area contributed by atoms with Crippen LogP contribution in [-0.2, 0) is 4.74 Å². The predicted molar refractivity (Wildman–Crippen MR) is 70.3 cm³/mol. The highest BCUT2D eigenvalue weighted by molar-refractivity contribution is 5.96. The fraction of sp³-hybridized carbons (Fsp3) is 0.385. The highest BCUT2D eigenvalue weighted by Crippen LogP contribution is 2.24. The van der Waals surface area contributed by atoms with Gasteiger partial charge in [-0.25, -0.2) is 4.79 Å². The molecule has 0 aliphatic heterocycles. The van der Waals surface area contributed by atoms with Crippen molar-refractivity contribution in [1.82, 2.24) is 0 Å². The minimum atomic E-state index is -0.423. The van der Waals surface area contributed by atoms with E-state index in [0.29, 0.717) is 30.8 Å². The first-order valence-corrected chi connectivity index (χ1v) is 5.73. The molecular formula is C13H17N3O2. The molecule has 0 aliphatic carbocycles. The van der Waals surface area contributed by atoms with E-state index in [1.54, 1.807) is 18.2 Å². The van der Waals surface area contributed by atoms with Crippen LogP contribution in [0.25, 0.3) is 0 Å². The molecule has 0 heterocycles. The number of nitrogen functional groups attached to an aromatic ring is 1. The number of carbonyl (C=O) groups excluding carboxylic acids is 1. The van der Waals surface area contributed by atoms with Crippen molar-refractivity contribution in [2.75, 3.05) is 30.8 Å². The van der Waals surface area contributed by atoms with Gasteiger partial charge in [-0.3, -0.25) is 0 Å². The normalized spacial score (nSPS) is 9.61. The standard InChI is InChI=1S/C13H17N3O2/c1-3-16(8-4-7-14)12-6-5-10(15)9-11(12)13(17)18-2/h5-6,9H,3-4,8,15H2,1-2H3. The van der Waals surface area contributed by atoms with Crippen molar-refractivity contribution >= 4 is 17.3 Å². The Morgan fingerprint density at radius 1 is 1.56 bits per heavy atom. The second-order valence-corrected chi connectivity index (χ2v) is 3.76. The Kier molecular flexibility index (Phi) is 5.00. The van der Waals surface area contributed by atoms with Crippen molar-refractivity contribution in [3.63, 3.8) is 0 Å². The van der Waals surface area contributed by atoms with Crippen LogP contribution >= 0.6 is 0 Å². The summed E-state index contributed by atoms with van der Waals surface area (Å²) in [5, 5.41) is 8.64. The molecule has 0 fully saturated rings. The van der Waals surface area contributed by atoms with Crippen molar-refractivity contribution in [3.05, 3.63) is 23.8 Å². The van der Waals surface area contributed by atoms with E-state index in [4.69, 9.17) is 15.7 Å². The van der Waals surface area contributed by atoms with Crippen molar-refractivity contribution in [3.8, 4) is 6.07 Å². The van der Waals surface area contributed by atoms with Crippen molar-refractivity contribution in [1.29, 1.82) is 5.26 Å². The summed E-state index contributed by atoms with van der Waals surface area (Å²) in [6.07, 6.45) is 0.402. The van der Waals surface area contributed by atoms with E-state index in [-0.39, 0.29) is 0 Å². The van der Waals surface area contributed by atoms with Crippen molar-refractivity contribution in [2.24, 2.45) is 0 Å². The van der Waals surface area contributed by atoms with Crippen LogP contribution in [0.4, 0.5) is 11.4 Å². The summed E-state index contributed by atoms with van der Waals surface area (Å²) in [4.78, 5) is 13.7. The lowest BCUT2D eigenvalue weighted by atomic mass is 10.1. The highest BCUT2D eigenvalue weighted by Gasteiger charge is 2.16. The van der Waals surface area contributed by atoms with Gasteiger partial charge in [0.2, 0.25) is 0 Å². The summed E-state index contributed by atoms with van der Waals surface area (Å²) in [6.45, 7) is 3.24. The molecule has 0 amide bonds. The van der Waals surface area contributed by atoms with Crippen LogP contribution < -0.4 is 10.6 Å². The van der Waals surface area contributed by atoms with Crippen LogP contribution in [-0.4, -0.2) is 26.2 Å². The number of carbonyl (C=O) groups is 1. The number of methoxy groups -OCH3 is 1. The third kappa shape index (κ3) is 3.14. The fourth-order valence-electron chi connectivity index (χ4n) is 1.74. The lowest BCUT2D eigenvalue weighted by Crippen LogP contribution is -2.26. The average molecular weight is 247 g/mol. The number of ether oxygens (including phenoxy) is 1. The van der Waals surface area contributed by atoms with E-state index in [0.717, 1.165) is 5.69 Å². The zero-order chi connectivity index (χ0) is 13.5. The number of nitrogens with zero attached hydrogens (tertiary/aromatic N) is 2. The topological polar surface area (TPSA) is 79.4 Å². The summed E-state index contributed by atoms with van der Waals surface area (Å²) in [6, 6.07) is 7.20.